The van der Waals surface area contributed by atoms with Crippen LogP contribution >= 0.6 is 11.8 Å². The zero-order valence-corrected chi connectivity index (χ0v) is 15.3. The third-order valence-corrected chi connectivity index (χ3v) is 5.19. The first-order valence-corrected chi connectivity index (χ1v) is 9.50. The largest absolute Gasteiger partial charge is 0.337 e. The second-order valence-corrected chi connectivity index (χ2v) is 7.24. The van der Waals surface area contributed by atoms with Crippen LogP contribution in [0.5, 0.6) is 0 Å². The Hall–Kier alpha value is -2.21. The zero-order valence-electron chi connectivity index (χ0n) is 14.5. The number of rotatable bonds is 4. The van der Waals surface area contributed by atoms with E-state index in [4.69, 9.17) is 4.98 Å². The first kappa shape index (κ1) is 16.3. The molecule has 2 aromatic heterocycles. The molecule has 0 radical (unpaired) electrons. The molecular weight excluding hydrogens is 335 g/mol. The maximum absolute atomic E-state index is 13.6. The SMILES string of the molecule is CSc1nc(-c2ccc(-c3cn(C)c(C4CC4)n3)c(C)c2)ncc1F. The highest BCUT2D eigenvalue weighted by atomic mass is 32.2. The molecule has 1 aromatic carbocycles. The van der Waals surface area contributed by atoms with Crippen LogP contribution in [0, 0.1) is 12.7 Å². The van der Waals surface area contributed by atoms with Crippen molar-refractivity contribution in [1.82, 2.24) is 19.5 Å². The van der Waals surface area contributed by atoms with Gasteiger partial charge in [-0.2, -0.15) is 0 Å². The van der Waals surface area contributed by atoms with Crippen molar-refractivity contribution in [3.05, 3.63) is 47.8 Å². The van der Waals surface area contributed by atoms with Gasteiger partial charge in [-0.25, -0.2) is 19.3 Å². The lowest BCUT2D eigenvalue weighted by molar-refractivity contribution is 0.580. The van der Waals surface area contributed by atoms with E-state index < -0.39 is 0 Å². The van der Waals surface area contributed by atoms with E-state index in [1.807, 2.05) is 18.4 Å². The van der Waals surface area contributed by atoms with Crippen LogP contribution in [0.1, 0.15) is 30.1 Å². The third-order valence-electron chi connectivity index (χ3n) is 4.52. The minimum Gasteiger partial charge on any atom is -0.337 e. The van der Waals surface area contributed by atoms with Crippen LogP contribution in [-0.4, -0.2) is 25.8 Å². The summed E-state index contributed by atoms with van der Waals surface area (Å²) in [5.41, 5.74) is 4.10. The van der Waals surface area contributed by atoms with E-state index in [-0.39, 0.29) is 5.82 Å². The van der Waals surface area contributed by atoms with Crippen molar-refractivity contribution in [3.8, 4) is 22.6 Å². The Morgan fingerprint density at radius 1 is 1.24 bits per heavy atom. The van der Waals surface area contributed by atoms with Gasteiger partial charge in [0.15, 0.2) is 11.6 Å². The summed E-state index contributed by atoms with van der Waals surface area (Å²) in [5, 5.41) is 0.366. The number of benzene rings is 1. The van der Waals surface area contributed by atoms with Crippen molar-refractivity contribution in [1.29, 1.82) is 0 Å². The molecule has 0 bridgehead atoms. The Labute approximate surface area is 150 Å². The highest BCUT2D eigenvalue weighted by Gasteiger charge is 2.28. The molecule has 1 aliphatic carbocycles. The van der Waals surface area contributed by atoms with Crippen LogP contribution in [0.3, 0.4) is 0 Å². The molecule has 4 rings (SSSR count). The molecular formula is C19H19FN4S. The molecule has 0 atom stereocenters. The number of nitrogens with zero attached hydrogens (tertiary/aromatic N) is 4. The average Bonchev–Trinajstić information content (AvgIpc) is 3.37. The quantitative estimate of drug-likeness (QED) is 0.508. The van der Waals surface area contributed by atoms with E-state index in [2.05, 4.69) is 40.8 Å². The van der Waals surface area contributed by atoms with Crippen molar-refractivity contribution in [2.45, 2.75) is 30.7 Å². The normalized spacial score (nSPS) is 14.1. The topological polar surface area (TPSA) is 43.6 Å². The third kappa shape index (κ3) is 3.06. The van der Waals surface area contributed by atoms with Crippen LogP contribution in [0.2, 0.25) is 0 Å². The van der Waals surface area contributed by atoms with Crippen LogP contribution in [0.15, 0.2) is 35.6 Å². The fourth-order valence-electron chi connectivity index (χ4n) is 3.06. The molecule has 0 N–H and O–H groups in total. The second-order valence-electron chi connectivity index (χ2n) is 6.45. The standard InChI is InChI=1S/C19H19FN4S/c1-11-8-13(17-21-9-15(20)19(23-17)25-3)6-7-14(11)16-10-24(2)18(22-16)12-4-5-12/h6-10,12H,4-5H2,1-3H3. The molecule has 0 spiro atoms. The van der Waals surface area contributed by atoms with Gasteiger partial charge in [-0.05, 0) is 37.7 Å². The van der Waals surface area contributed by atoms with Gasteiger partial charge >= 0.3 is 0 Å². The van der Waals surface area contributed by atoms with Crippen molar-refractivity contribution in [2.24, 2.45) is 7.05 Å². The van der Waals surface area contributed by atoms with Crippen LogP contribution in [0.25, 0.3) is 22.6 Å². The first-order valence-electron chi connectivity index (χ1n) is 8.28. The Morgan fingerprint density at radius 2 is 2.04 bits per heavy atom. The minimum atomic E-state index is -0.384. The number of hydrogen-bond donors (Lipinski definition) is 0. The van der Waals surface area contributed by atoms with Gasteiger partial charge in [0.2, 0.25) is 0 Å². The maximum atomic E-state index is 13.6. The van der Waals surface area contributed by atoms with Gasteiger partial charge in [0, 0.05) is 30.3 Å². The molecule has 1 fully saturated rings. The summed E-state index contributed by atoms with van der Waals surface area (Å²) in [6.07, 6.45) is 7.61. The van der Waals surface area contributed by atoms with E-state index in [9.17, 15) is 4.39 Å². The van der Waals surface area contributed by atoms with Gasteiger partial charge in [-0.1, -0.05) is 12.1 Å². The molecule has 4 nitrogen and oxygen atoms in total. The summed E-state index contributed by atoms with van der Waals surface area (Å²) in [6.45, 7) is 2.06. The number of imidazole rings is 1. The highest BCUT2D eigenvalue weighted by Crippen LogP contribution is 2.40. The van der Waals surface area contributed by atoms with Crippen LogP contribution in [0.4, 0.5) is 4.39 Å². The number of halogens is 1. The molecule has 0 amide bonds. The van der Waals surface area contributed by atoms with E-state index in [1.165, 1.54) is 36.6 Å². The van der Waals surface area contributed by atoms with Gasteiger partial charge < -0.3 is 4.57 Å². The molecule has 25 heavy (non-hydrogen) atoms. The summed E-state index contributed by atoms with van der Waals surface area (Å²) in [4.78, 5) is 13.3. The second kappa shape index (κ2) is 6.26. The summed E-state index contributed by atoms with van der Waals surface area (Å²) < 4.78 is 15.7. The fraction of sp³-hybridized carbons (Fsp3) is 0.316. The van der Waals surface area contributed by atoms with Crippen molar-refractivity contribution < 1.29 is 4.39 Å². The monoisotopic (exact) mass is 354 g/mol. The Bertz CT molecular complexity index is 947. The molecule has 1 aliphatic rings. The summed E-state index contributed by atoms with van der Waals surface area (Å²) in [6, 6.07) is 6.07. The molecule has 0 saturated heterocycles. The van der Waals surface area contributed by atoms with E-state index in [1.54, 1.807) is 0 Å². The van der Waals surface area contributed by atoms with Gasteiger partial charge in [-0.3, -0.25) is 0 Å². The average molecular weight is 354 g/mol. The lowest BCUT2D eigenvalue weighted by Gasteiger charge is -2.07. The summed E-state index contributed by atoms with van der Waals surface area (Å²) in [5.74, 6) is 1.95. The molecule has 3 aromatic rings. The smallest absolute Gasteiger partial charge is 0.173 e. The van der Waals surface area contributed by atoms with Gasteiger partial charge in [0.25, 0.3) is 0 Å². The summed E-state index contributed by atoms with van der Waals surface area (Å²) >= 11 is 1.28. The predicted octanol–water partition coefficient (Wildman–Crippen LogP) is 4.59. The van der Waals surface area contributed by atoms with Crippen LogP contribution in [-0.2, 0) is 7.05 Å². The van der Waals surface area contributed by atoms with Crippen LogP contribution < -0.4 is 0 Å². The molecule has 6 heteroatoms. The fourth-order valence-corrected chi connectivity index (χ4v) is 3.48. The van der Waals surface area contributed by atoms with Crippen molar-refractivity contribution in [3.63, 3.8) is 0 Å². The number of aromatic nitrogens is 4. The van der Waals surface area contributed by atoms with E-state index in [0.717, 1.165) is 22.4 Å². The van der Waals surface area contributed by atoms with Gasteiger partial charge in [0.05, 0.1) is 11.9 Å². The van der Waals surface area contributed by atoms with Gasteiger partial charge in [-0.15, -0.1) is 11.8 Å². The molecule has 0 aliphatic heterocycles. The first-order chi connectivity index (χ1) is 12.1. The lowest BCUT2D eigenvalue weighted by Crippen LogP contribution is -1.95. The lowest BCUT2D eigenvalue weighted by atomic mass is 10.0. The molecule has 0 unspecified atom stereocenters. The highest BCUT2D eigenvalue weighted by molar-refractivity contribution is 7.98. The molecule has 1 saturated carbocycles. The molecule has 128 valence electrons. The zero-order chi connectivity index (χ0) is 17.6. The van der Waals surface area contributed by atoms with E-state index >= 15 is 0 Å². The Kier molecular flexibility index (Phi) is 4.07. The number of hydrogen-bond acceptors (Lipinski definition) is 4. The number of aryl methyl sites for hydroxylation is 2. The van der Waals surface area contributed by atoms with Crippen molar-refractivity contribution >= 4 is 11.8 Å². The minimum absolute atomic E-state index is 0.366. The predicted molar refractivity (Wildman–Crippen MR) is 98.1 cm³/mol. The van der Waals surface area contributed by atoms with Gasteiger partial charge in [0.1, 0.15) is 10.9 Å². The molecule has 2 heterocycles. The van der Waals surface area contributed by atoms with E-state index in [0.29, 0.717) is 16.8 Å². The number of thioether (sulfide) groups is 1. The Balaban J connectivity index is 1.70. The van der Waals surface area contributed by atoms with Crippen molar-refractivity contribution in [2.75, 3.05) is 6.26 Å². The summed E-state index contributed by atoms with van der Waals surface area (Å²) in [7, 11) is 2.06. The Morgan fingerprint density at radius 3 is 2.72 bits per heavy atom. The maximum Gasteiger partial charge on any atom is 0.173 e.